The summed E-state index contributed by atoms with van der Waals surface area (Å²) >= 11 is 0. The predicted octanol–water partition coefficient (Wildman–Crippen LogP) is 4.70. The molecule has 1 heteroatoms. The number of nitrogens with zero attached hydrogens (tertiary/aromatic N) is 1. The molecular formula is C16H25N. The Balaban J connectivity index is 2.37. The van der Waals surface area contributed by atoms with Crippen LogP contribution in [0.15, 0.2) is 11.6 Å². The van der Waals surface area contributed by atoms with Crippen LogP contribution in [0.3, 0.4) is 0 Å². The Labute approximate surface area is 106 Å². The third kappa shape index (κ3) is 1.92. The molecule has 1 saturated carbocycles. The molecule has 94 valence electrons. The van der Waals surface area contributed by atoms with E-state index in [-0.39, 0.29) is 11.5 Å². The fourth-order valence-corrected chi connectivity index (χ4v) is 4.11. The predicted molar refractivity (Wildman–Crippen MR) is 72.5 cm³/mol. The Kier molecular flexibility index (Phi) is 3.34. The second kappa shape index (κ2) is 4.48. The van der Waals surface area contributed by atoms with E-state index in [2.05, 4.69) is 38.6 Å². The van der Waals surface area contributed by atoms with Gasteiger partial charge in [-0.15, -0.1) is 0 Å². The van der Waals surface area contributed by atoms with E-state index in [0.717, 1.165) is 0 Å². The van der Waals surface area contributed by atoms with Gasteiger partial charge in [-0.05, 0) is 44.4 Å². The molecule has 0 radical (unpaired) electrons. The molecule has 0 aliphatic heterocycles. The summed E-state index contributed by atoms with van der Waals surface area (Å²) in [5, 5.41) is 0. The molecular weight excluding hydrogens is 206 g/mol. The minimum Gasteiger partial charge on any atom is -0.312 e. The fraction of sp³-hybridized carbons (Fsp3) is 0.812. The van der Waals surface area contributed by atoms with Gasteiger partial charge in [-0.1, -0.05) is 32.4 Å². The molecule has 1 spiro atoms. The van der Waals surface area contributed by atoms with Crippen molar-refractivity contribution in [3.8, 4) is 0 Å². The molecule has 1 nitrogen and oxygen atoms in total. The van der Waals surface area contributed by atoms with E-state index in [1.807, 2.05) is 0 Å². The average Bonchev–Trinajstić information content (AvgIpc) is 2.65. The lowest BCUT2D eigenvalue weighted by Gasteiger charge is -2.44. The van der Waals surface area contributed by atoms with Gasteiger partial charge in [0.1, 0.15) is 0 Å². The summed E-state index contributed by atoms with van der Waals surface area (Å²) in [6.45, 7) is 16.8. The zero-order valence-corrected chi connectivity index (χ0v) is 11.7. The molecule has 0 aromatic heterocycles. The maximum atomic E-state index is 7.66. The van der Waals surface area contributed by atoms with Crippen LogP contribution in [0.2, 0.25) is 0 Å². The lowest BCUT2D eigenvalue weighted by molar-refractivity contribution is 0.0827. The van der Waals surface area contributed by atoms with E-state index in [1.165, 1.54) is 31.3 Å². The number of hydrogen-bond acceptors (Lipinski definition) is 0. The van der Waals surface area contributed by atoms with Gasteiger partial charge in [-0.2, -0.15) is 0 Å². The topological polar surface area (TPSA) is 4.36 Å². The highest BCUT2D eigenvalue weighted by Gasteiger charge is 2.55. The van der Waals surface area contributed by atoms with Crippen molar-refractivity contribution in [1.82, 2.24) is 0 Å². The normalized spacial score (nSPS) is 41.6. The van der Waals surface area contributed by atoms with Crippen molar-refractivity contribution in [3.05, 3.63) is 23.1 Å². The third-order valence-corrected chi connectivity index (χ3v) is 5.27. The standard InChI is InChI=1S/C16H25N/c1-11(2)14-7-6-13(4)16(15(14)17-5)9-8-12(3)10-16/h10-11,13-15H,6-9H2,1-4H3/t13-,14+,15-,16?/m0/s1. The Bertz CT molecular complexity index is 360. The highest BCUT2D eigenvalue weighted by Crippen LogP contribution is 2.54. The molecule has 0 bridgehead atoms. The SMILES string of the molecule is [C-]#[N+][C@H]1[C@@H](C(C)C)CC[C@H](C)C12C=C(C)CC2. The zero-order chi connectivity index (χ0) is 12.6. The summed E-state index contributed by atoms with van der Waals surface area (Å²) in [5.41, 5.74) is 1.72. The summed E-state index contributed by atoms with van der Waals surface area (Å²) in [5.74, 6) is 1.94. The fourth-order valence-electron chi connectivity index (χ4n) is 4.11. The second-order valence-electron chi connectivity index (χ2n) is 6.56. The summed E-state index contributed by atoms with van der Waals surface area (Å²) < 4.78 is 0. The van der Waals surface area contributed by atoms with Crippen LogP contribution >= 0.6 is 0 Å². The van der Waals surface area contributed by atoms with Crippen molar-refractivity contribution >= 4 is 0 Å². The first-order chi connectivity index (χ1) is 8.01. The number of rotatable bonds is 1. The molecule has 2 rings (SSSR count). The first kappa shape index (κ1) is 12.7. The second-order valence-corrected chi connectivity index (χ2v) is 6.56. The Morgan fingerprint density at radius 2 is 2.12 bits per heavy atom. The van der Waals surface area contributed by atoms with Crippen LogP contribution in [-0.2, 0) is 0 Å². The van der Waals surface area contributed by atoms with Crippen molar-refractivity contribution in [2.45, 2.75) is 59.4 Å². The van der Waals surface area contributed by atoms with E-state index in [4.69, 9.17) is 6.57 Å². The smallest absolute Gasteiger partial charge is 0.235 e. The van der Waals surface area contributed by atoms with Crippen molar-refractivity contribution in [2.24, 2.45) is 23.2 Å². The van der Waals surface area contributed by atoms with Crippen LogP contribution in [0, 0.1) is 29.7 Å². The minimum atomic E-state index is 0.207. The van der Waals surface area contributed by atoms with Crippen LogP contribution in [-0.4, -0.2) is 6.04 Å². The van der Waals surface area contributed by atoms with E-state index in [9.17, 15) is 0 Å². The van der Waals surface area contributed by atoms with Gasteiger partial charge in [0, 0.05) is 5.92 Å². The van der Waals surface area contributed by atoms with Gasteiger partial charge in [0.05, 0.1) is 5.41 Å². The molecule has 0 saturated heterocycles. The lowest BCUT2D eigenvalue weighted by Crippen LogP contribution is -2.46. The van der Waals surface area contributed by atoms with E-state index in [0.29, 0.717) is 17.8 Å². The molecule has 1 unspecified atom stereocenters. The molecule has 17 heavy (non-hydrogen) atoms. The van der Waals surface area contributed by atoms with Gasteiger partial charge in [-0.25, -0.2) is 6.57 Å². The molecule has 0 aromatic carbocycles. The largest absolute Gasteiger partial charge is 0.312 e. The third-order valence-electron chi connectivity index (χ3n) is 5.27. The highest BCUT2D eigenvalue weighted by molar-refractivity contribution is 5.24. The molecule has 0 amide bonds. The Morgan fingerprint density at radius 3 is 2.59 bits per heavy atom. The van der Waals surface area contributed by atoms with Gasteiger partial charge in [0.25, 0.3) is 0 Å². The number of hydrogen-bond donors (Lipinski definition) is 0. The van der Waals surface area contributed by atoms with Crippen LogP contribution in [0.25, 0.3) is 4.85 Å². The number of allylic oxidation sites excluding steroid dienone is 1. The summed E-state index contributed by atoms with van der Waals surface area (Å²) in [7, 11) is 0. The van der Waals surface area contributed by atoms with Gasteiger partial charge < -0.3 is 4.85 Å². The summed E-state index contributed by atoms with van der Waals surface area (Å²) in [4.78, 5) is 4.08. The van der Waals surface area contributed by atoms with Crippen molar-refractivity contribution in [3.63, 3.8) is 0 Å². The summed E-state index contributed by atoms with van der Waals surface area (Å²) in [6, 6.07) is 0.226. The van der Waals surface area contributed by atoms with Gasteiger partial charge in [0.2, 0.25) is 6.04 Å². The van der Waals surface area contributed by atoms with Crippen molar-refractivity contribution in [2.75, 3.05) is 0 Å². The van der Waals surface area contributed by atoms with Gasteiger partial charge in [-0.3, -0.25) is 0 Å². The van der Waals surface area contributed by atoms with Crippen LogP contribution in [0.5, 0.6) is 0 Å². The molecule has 0 heterocycles. The van der Waals surface area contributed by atoms with Gasteiger partial charge in [0.15, 0.2) is 0 Å². The quantitative estimate of drug-likeness (QED) is 0.455. The molecule has 0 N–H and O–H groups in total. The Morgan fingerprint density at radius 1 is 1.41 bits per heavy atom. The Hall–Kier alpha value is -0.770. The first-order valence-electron chi connectivity index (χ1n) is 7.06. The molecule has 4 atom stereocenters. The molecule has 2 aliphatic rings. The first-order valence-corrected chi connectivity index (χ1v) is 7.06. The zero-order valence-electron chi connectivity index (χ0n) is 11.7. The van der Waals surface area contributed by atoms with Crippen molar-refractivity contribution in [1.29, 1.82) is 0 Å². The molecule has 0 aromatic rings. The van der Waals surface area contributed by atoms with Crippen LogP contribution in [0.1, 0.15) is 53.4 Å². The van der Waals surface area contributed by atoms with Gasteiger partial charge >= 0.3 is 0 Å². The van der Waals surface area contributed by atoms with Crippen molar-refractivity contribution < 1.29 is 0 Å². The lowest BCUT2D eigenvalue weighted by atomic mass is 9.58. The highest BCUT2D eigenvalue weighted by atomic mass is 14.8. The van der Waals surface area contributed by atoms with Crippen LogP contribution < -0.4 is 0 Å². The maximum absolute atomic E-state index is 7.66. The van der Waals surface area contributed by atoms with E-state index in [1.54, 1.807) is 0 Å². The maximum Gasteiger partial charge on any atom is 0.235 e. The summed E-state index contributed by atoms with van der Waals surface area (Å²) in [6.07, 6.45) is 7.45. The van der Waals surface area contributed by atoms with E-state index < -0.39 is 0 Å². The van der Waals surface area contributed by atoms with E-state index >= 15 is 0 Å². The van der Waals surface area contributed by atoms with Crippen LogP contribution in [0.4, 0.5) is 0 Å². The molecule has 2 aliphatic carbocycles. The monoisotopic (exact) mass is 231 g/mol. The minimum absolute atomic E-state index is 0.207. The average molecular weight is 231 g/mol. The molecule has 1 fully saturated rings.